The summed E-state index contributed by atoms with van der Waals surface area (Å²) in [5.74, 6) is 0.0765. The summed E-state index contributed by atoms with van der Waals surface area (Å²) in [6.45, 7) is 5.68. The molecule has 0 saturated heterocycles. The molecule has 2 atom stereocenters. The van der Waals surface area contributed by atoms with E-state index in [-0.39, 0.29) is 28.9 Å². The lowest BCUT2D eigenvalue weighted by Gasteiger charge is -2.43. The van der Waals surface area contributed by atoms with Crippen molar-refractivity contribution >= 4 is 29.5 Å². The van der Waals surface area contributed by atoms with Crippen molar-refractivity contribution in [1.82, 2.24) is 0 Å². The van der Waals surface area contributed by atoms with Gasteiger partial charge in [-0.25, -0.2) is 0 Å². The molecule has 5 nitrogen and oxygen atoms in total. The van der Waals surface area contributed by atoms with Gasteiger partial charge in [-0.3, -0.25) is 4.79 Å². The number of methoxy groups -OCH3 is 1. The van der Waals surface area contributed by atoms with Gasteiger partial charge in [0.15, 0.2) is 6.29 Å². The summed E-state index contributed by atoms with van der Waals surface area (Å²) >= 11 is 13.1. The summed E-state index contributed by atoms with van der Waals surface area (Å²) in [7, 11) is 1.51. The second-order valence-electron chi connectivity index (χ2n) is 7.86. The highest BCUT2D eigenvalue weighted by atomic mass is 35.5. The van der Waals surface area contributed by atoms with E-state index in [1.165, 1.54) is 13.2 Å². The summed E-state index contributed by atoms with van der Waals surface area (Å²) in [5, 5.41) is 21.5. The van der Waals surface area contributed by atoms with Gasteiger partial charge in [-0.05, 0) is 43.9 Å². The van der Waals surface area contributed by atoms with Crippen LogP contribution >= 0.6 is 23.2 Å². The lowest BCUT2D eigenvalue weighted by molar-refractivity contribution is 0.0221. The lowest BCUT2D eigenvalue weighted by Crippen LogP contribution is -2.44. The third kappa shape index (κ3) is 2.36. The van der Waals surface area contributed by atoms with Crippen LogP contribution in [0, 0.1) is 12.8 Å². The van der Waals surface area contributed by atoms with E-state index in [1.807, 2.05) is 13.8 Å². The Bertz CT molecular complexity index is 1030. The third-order valence-electron chi connectivity index (χ3n) is 6.05. The van der Waals surface area contributed by atoms with Crippen LogP contribution in [-0.2, 0) is 6.42 Å². The van der Waals surface area contributed by atoms with Gasteiger partial charge in [0.05, 0.1) is 22.7 Å². The number of rotatable bonds is 2. The van der Waals surface area contributed by atoms with Crippen LogP contribution in [-0.4, -0.2) is 29.2 Å². The molecule has 28 heavy (non-hydrogen) atoms. The first-order chi connectivity index (χ1) is 13.1. The highest BCUT2D eigenvalue weighted by Crippen LogP contribution is 2.62. The molecule has 0 unspecified atom stereocenters. The minimum absolute atomic E-state index is 0.0480. The second-order valence-corrected chi connectivity index (χ2v) is 8.62. The number of aldehydes is 1. The average molecular weight is 423 g/mol. The normalized spacial score (nSPS) is 21.4. The molecule has 2 aromatic rings. The highest BCUT2D eigenvalue weighted by molar-refractivity contribution is 6.38. The summed E-state index contributed by atoms with van der Waals surface area (Å²) < 4.78 is 11.9. The molecule has 1 heterocycles. The van der Waals surface area contributed by atoms with E-state index in [1.54, 1.807) is 6.92 Å². The first-order valence-corrected chi connectivity index (χ1v) is 9.66. The standard InChI is InChI=1S/C21H20Cl2O5/c1-8-17(22)19(27-4)16-15-11(21(2,3)28-20(16)18(8)23)5-9-12(25)6-13(26)10(7-24)14(9)15/h6-7,11,15,25-26H,5H2,1-4H3/t11-,15-/m0/s1. The largest absolute Gasteiger partial charge is 0.508 e. The van der Waals surface area contributed by atoms with E-state index >= 15 is 0 Å². The second kappa shape index (κ2) is 6.19. The number of halogens is 2. The van der Waals surface area contributed by atoms with Gasteiger partial charge in [-0.15, -0.1) is 0 Å². The van der Waals surface area contributed by atoms with E-state index in [4.69, 9.17) is 32.7 Å². The van der Waals surface area contributed by atoms with Gasteiger partial charge in [-0.1, -0.05) is 23.2 Å². The van der Waals surface area contributed by atoms with Gasteiger partial charge in [0.25, 0.3) is 0 Å². The molecule has 2 N–H and O–H groups in total. The van der Waals surface area contributed by atoms with E-state index in [0.29, 0.717) is 56.5 Å². The Morgan fingerprint density at radius 1 is 1.21 bits per heavy atom. The molecule has 148 valence electrons. The van der Waals surface area contributed by atoms with Crippen LogP contribution in [0.3, 0.4) is 0 Å². The van der Waals surface area contributed by atoms with Gasteiger partial charge in [-0.2, -0.15) is 0 Å². The lowest BCUT2D eigenvalue weighted by atomic mass is 9.73. The maximum Gasteiger partial charge on any atom is 0.154 e. The smallest absolute Gasteiger partial charge is 0.154 e. The van der Waals surface area contributed by atoms with Crippen LogP contribution in [0.25, 0.3) is 0 Å². The molecule has 1 aliphatic carbocycles. The summed E-state index contributed by atoms with van der Waals surface area (Å²) in [6, 6.07) is 1.21. The SMILES string of the molecule is COc1c(Cl)c(C)c(Cl)c2c1[C@@H]1c3c(C=O)c(O)cc(O)c3C[C@@H]1C(C)(C)O2. The summed E-state index contributed by atoms with van der Waals surface area (Å²) in [5.41, 5.74) is 1.98. The zero-order valence-electron chi connectivity index (χ0n) is 15.9. The molecule has 1 aliphatic heterocycles. The minimum Gasteiger partial charge on any atom is -0.508 e. The Hall–Kier alpha value is -2.11. The van der Waals surface area contributed by atoms with Crippen LogP contribution in [0.2, 0.25) is 10.0 Å². The number of aromatic hydroxyl groups is 2. The number of fused-ring (bicyclic) bond motifs is 5. The number of carbonyl (C=O) groups excluding carboxylic acids is 1. The molecule has 7 heteroatoms. The van der Waals surface area contributed by atoms with Gasteiger partial charge < -0.3 is 19.7 Å². The van der Waals surface area contributed by atoms with Crippen LogP contribution in [0.5, 0.6) is 23.0 Å². The molecule has 0 fully saturated rings. The van der Waals surface area contributed by atoms with Crippen molar-refractivity contribution in [3.63, 3.8) is 0 Å². The van der Waals surface area contributed by atoms with Crippen LogP contribution in [0.15, 0.2) is 6.07 Å². The highest BCUT2D eigenvalue weighted by Gasteiger charge is 2.53. The maximum absolute atomic E-state index is 11.8. The third-order valence-corrected chi connectivity index (χ3v) is 6.96. The van der Waals surface area contributed by atoms with E-state index in [2.05, 4.69) is 0 Å². The van der Waals surface area contributed by atoms with Crippen molar-refractivity contribution in [3.05, 3.63) is 43.9 Å². The number of ether oxygens (including phenoxy) is 2. The maximum atomic E-state index is 11.8. The van der Waals surface area contributed by atoms with Crippen LogP contribution in [0.4, 0.5) is 0 Å². The number of hydrogen-bond donors (Lipinski definition) is 2. The number of phenolic OH excluding ortho intramolecular Hbond substituents is 2. The molecular formula is C21H20Cl2O5. The fraction of sp³-hybridized carbons (Fsp3) is 0.381. The molecule has 2 aliphatic rings. The zero-order chi connectivity index (χ0) is 20.5. The quantitative estimate of drug-likeness (QED) is 0.665. The van der Waals surface area contributed by atoms with Crippen molar-refractivity contribution in [3.8, 4) is 23.0 Å². The van der Waals surface area contributed by atoms with Crippen molar-refractivity contribution < 1.29 is 24.5 Å². The van der Waals surface area contributed by atoms with Gasteiger partial charge in [0.2, 0.25) is 0 Å². The molecular weight excluding hydrogens is 403 g/mol. The first kappa shape index (κ1) is 19.2. The van der Waals surface area contributed by atoms with E-state index in [0.717, 1.165) is 0 Å². The fourth-order valence-electron chi connectivity index (χ4n) is 4.66. The Morgan fingerprint density at radius 2 is 1.89 bits per heavy atom. The van der Waals surface area contributed by atoms with Crippen molar-refractivity contribution in [2.45, 2.75) is 38.7 Å². The number of benzene rings is 2. The summed E-state index contributed by atoms with van der Waals surface area (Å²) in [4.78, 5) is 11.8. The number of hydrogen-bond acceptors (Lipinski definition) is 5. The minimum atomic E-state index is -0.645. The first-order valence-electron chi connectivity index (χ1n) is 8.91. The number of carbonyl (C=O) groups is 1. The Labute approximate surface area is 172 Å². The van der Waals surface area contributed by atoms with Gasteiger partial charge >= 0.3 is 0 Å². The van der Waals surface area contributed by atoms with Crippen LogP contribution < -0.4 is 9.47 Å². The predicted molar refractivity (Wildman–Crippen MR) is 107 cm³/mol. The summed E-state index contributed by atoms with van der Waals surface area (Å²) in [6.07, 6.45) is 1.09. The Balaban J connectivity index is 2.15. The molecule has 0 aromatic heterocycles. The van der Waals surface area contributed by atoms with Crippen LogP contribution in [0.1, 0.15) is 52.4 Å². The average Bonchev–Trinajstić information content (AvgIpc) is 3.04. The van der Waals surface area contributed by atoms with Crippen molar-refractivity contribution in [2.75, 3.05) is 7.11 Å². The van der Waals surface area contributed by atoms with E-state index < -0.39 is 5.60 Å². The molecule has 0 amide bonds. The molecule has 4 rings (SSSR count). The predicted octanol–water partition coefficient (Wildman–Crippen LogP) is 5.01. The fourth-order valence-corrected chi connectivity index (χ4v) is 5.21. The van der Waals surface area contributed by atoms with Crippen molar-refractivity contribution in [2.24, 2.45) is 5.92 Å². The number of phenols is 2. The molecule has 0 radical (unpaired) electrons. The Morgan fingerprint density at radius 3 is 2.50 bits per heavy atom. The zero-order valence-corrected chi connectivity index (χ0v) is 17.4. The van der Waals surface area contributed by atoms with E-state index in [9.17, 15) is 15.0 Å². The van der Waals surface area contributed by atoms with Crippen molar-refractivity contribution in [1.29, 1.82) is 0 Å². The molecule has 2 aromatic carbocycles. The van der Waals surface area contributed by atoms with Gasteiger partial charge in [0, 0.05) is 23.5 Å². The topological polar surface area (TPSA) is 76.0 Å². The Kier molecular flexibility index (Phi) is 4.25. The molecule has 0 saturated carbocycles. The molecule has 0 spiro atoms. The monoisotopic (exact) mass is 422 g/mol. The molecule has 0 bridgehead atoms. The van der Waals surface area contributed by atoms with Gasteiger partial charge in [0.1, 0.15) is 28.6 Å².